The molecule has 0 aliphatic heterocycles. The van der Waals surface area contributed by atoms with Crippen molar-refractivity contribution < 1.29 is 19.1 Å². The maximum Gasteiger partial charge on any atom is 0.424 e. The number of hydrogen-bond donors (Lipinski definition) is 1. The summed E-state index contributed by atoms with van der Waals surface area (Å²) in [5.74, 6) is 5.39. The van der Waals surface area contributed by atoms with E-state index in [-0.39, 0.29) is 17.9 Å². The van der Waals surface area contributed by atoms with Gasteiger partial charge in [0.2, 0.25) is 0 Å². The molecule has 110 valence electrons. The highest BCUT2D eigenvalue weighted by Crippen LogP contribution is 2.28. The van der Waals surface area contributed by atoms with E-state index >= 15 is 0 Å². The molecule has 0 spiro atoms. The summed E-state index contributed by atoms with van der Waals surface area (Å²) in [5, 5.41) is 1.11. The number of nitrogens with two attached hydrogens (primary N) is 1. The fraction of sp³-hybridized carbons (Fsp3) is 0.846. The van der Waals surface area contributed by atoms with Crippen LogP contribution in [0.4, 0.5) is 4.79 Å². The maximum atomic E-state index is 11.9. The Morgan fingerprint density at radius 1 is 1.26 bits per heavy atom. The Morgan fingerprint density at radius 3 is 2.42 bits per heavy atom. The number of amides is 1. The second kappa shape index (κ2) is 6.23. The number of rotatable bonds is 2. The van der Waals surface area contributed by atoms with Gasteiger partial charge in [-0.1, -0.05) is 6.42 Å². The van der Waals surface area contributed by atoms with Crippen LogP contribution in [0, 0.1) is 5.92 Å². The molecule has 0 bridgehead atoms. The van der Waals surface area contributed by atoms with E-state index in [2.05, 4.69) is 0 Å². The van der Waals surface area contributed by atoms with E-state index < -0.39 is 11.7 Å². The van der Waals surface area contributed by atoms with Gasteiger partial charge in [0.25, 0.3) is 0 Å². The van der Waals surface area contributed by atoms with Crippen LogP contribution in [0.25, 0.3) is 0 Å². The van der Waals surface area contributed by atoms with Gasteiger partial charge < -0.3 is 9.47 Å². The molecule has 19 heavy (non-hydrogen) atoms. The Balaban J connectivity index is 2.59. The SMILES string of the molecule is COC(=O)C1CCCC(N(N)C(=O)OC(C)(C)C)C1. The Bertz CT molecular complexity index is 338. The summed E-state index contributed by atoms with van der Waals surface area (Å²) in [7, 11) is 1.38. The highest BCUT2D eigenvalue weighted by Gasteiger charge is 2.33. The smallest absolute Gasteiger partial charge is 0.424 e. The average Bonchev–Trinajstić information content (AvgIpc) is 2.35. The molecule has 0 heterocycles. The minimum absolute atomic E-state index is 0.173. The normalized spacial score (nSPS) is 23.6. The Labute approximate surface area is 114 Å². The number of carbonyl (C=O) groups is 2. The monoisotopic (exact) mass is 272 g/mol. The molecule has 0 aromatic heterocycles. The molecule has 1 aliphatic rings. The molecule has 6 heteroatoms. The number of nitrogens with zero attached hydrogens (tertiary/aromatic N) is 1. The lowest BCUT2D eigenvalue weighted by Crippen LogP contribution is -2.50. The number of carbonyl (C=O) groups excluding carboxylic acids is 2. The largest absolute Gasteiger partial charge is 0.469 e. The van der Waals surface area contributed by atoms with Crippen molar-refractivity contribution in [3.8, 4) is 0 Å². The summed E-state index contributed by atoms with van der Waals surface area (Å²) in [4.78, 5) is 23.4. The summed E-state index contributed by atoms with van der Waals surface area (Å²) in [5.41, 5.74) is -0.578. The van der Waals surface area contributed by atoms with Crippen LogP contribution in [-0.2, 0) is 14.3 Å². The molecule has 1 saturated carbocycles. The molecule has 1 rings (SSSR count). The van der Waals surface area contributed by atoms with Gasteiger partial charge in [-0.3, -0.25) is 4.79 Å². The summed E-state index contributed by atoms with van der Waals surface area (Å²) in [6.07, 6.45) is 2.39. The minimum atomic E-state index is -0.578. The number of ether oxygens (including phenoxy) is 2. The van der Waals surface area contributed by atoms with Gasteiger partial charge >= 0.3 is 12.1 Å². The molecule has 1 fully saturated rings. The average molecular weight is 272 g/mol. The minimum Gasteiger partial charge on any atom is -0.469 e. The van der Waals surface area contributed by atoms with Crippen LogP contribution in [0.15, 0.2) is 0 Å². The molecular weight excluding hydrogens is 248 g/mol. The second-order valence-corrected chi connectivity index (χ2v) is 5.93. The molecule has 2 unspecified atom stereocenters. The number of hydrazine groups is 1. The van der Waals surface area contributed by atoms with Crippen molar-refractivity contribution in [2.75, 3.05) is 7.11 Å². The first-order chi connectivity index (χ1) is 8.74. The van der Waals surface area contributed by atoms with Crippen LogP contribution in [0.1, 0.15) is 46.5 Å². The lowest BCUT2D eigenvalue weighted by molar-refractivity contribution is -0.147. The Kier molecular flexibility index (Phi) is 5.17. The predicted molar refractivity (Wildman–Crippen MR) is 70.0 cm³/mol. The van der Waals surface area contributed by atoms with Gasteiger partial charge in [0.15, 0.2) is 0 Å². The first-order valence-electron chi connectivity index (χ1n) is 6.59. The second-order valence-electron chi connectivity index (χ2n) is 5.93. The lowest BCUT2D eigenvalue weighted by atomic mass is 9.85. The number of hydrogen-bond acceptors (Lipinski definition) is 5. The third-order valence-electron chi connectivity index (χ3n) is 3.18. The van der Waals surface area contributed by atoms with Crippen molar-refractivity contribution in [2.45, 2.75) is 58.1 Å². The Hall–Kier alpha value is -1.30. The van der Waals surface area contributed by atoms with Crippen LogP contribution < -0.4 is 5.84 Å². The fourth-order valence-electron chi connectivity index (χ4n) is 2.26. The first kappa shape index (κ1) is 15.8. The summed E-state index contributed by atoms with van der Waals surface area (Å²) < 4.78 is 9.96. The van der Waals surface area contributed by atoms with Gasteiger partial charge in [0.1, 0.15) is 5.60 Å². The third-order valence-corrected chi connectivity index (χ3v) is 3.18. The van der Waals surface area contributed by atoms with Gasteiger partial charge in [-0.25, -0.2) is 15.6 Å². The fourth-order valence-corrected chi connectivity index (χ4v) is 2.26. The van der Waals surface area contributed by atoms with Crippen LogP contribution in [0.5, 0.6) is 0 Å². The molecule has 0 radical (unpaired) electrons. The number of esters is 1. The van der Waals surface area contributed by atoms with Crippen molar-refractivity contribution in [1.29, 1.82) is 0 Å². The zero-order valence-corrected chi connectivity index (χ0v) is 12.1. The molecule has 6 nitrogen and oxygen atoms in total. The van der Waals surface area contributed by atoms with Crippen LogP contribution >= 0.6 is 0 Å². The highest BCUT2D eigenvalue weighted by molar-refractivity contribution is 5.73. The van der Waals surface area contributed by atoms with Gasteiger partial charge in [-0.05, 0) is 40.0 Å². The maximum absolute atomic E-state index is 11.9. The molecule has 1 aliphatic carbocycles. The van der Waals surface area contributed by atoms with E-state index in [4.69, 9.17) is 15.3 Å². The van der Waals surface area contributed by atoms with Crippen molar-refractivity contribution in [3.63, 3.8) is 0 Å². The summed E-state index contributed by atoms with van der Waals surface area (Å²) in [6, 6.07) is -0.173. The molecule has 2 N–H and O–H groups in total. The first-order valence-corrected chi connectivity index (χ1v) is 6.59. The van der Waals surface area contributed by atoms with E-state index in [9.17, 15) is 9.59 Å². The molecular formula is C13H24N2O4. The summed E-state index contributed by atoms with van der Waals surface area (Å²) >= 11 is 0. The van der Waals surface area contributed by atoms with Crippen LogP contribution in [0.3, 0.4) is 0 Å². The molecule has 0 aromatic carbocycles. The van der Waals surface area contributed by atoms with E-state index in [0.717, 1.165) is 24.3 Å². The van der Waals surface area contributed by atoms with Gasteiger partial charge in [0.05, 0.1) is 19.1 Å². The van der Waals surface area contributed by atoms with Gasteiger partial charge in [-0.15, -0.1) is 0 Å². The Morgan fingerprint density at radius 2 is 1.89 bits per heavy atom. The molecule has 1 amide bonds. The topological polar surface area (TPSA) is 81.9 Å². The van der Waals surface area contributed by atoms with Gasteiger partial charge in [-0.2, -0.15) is 0 Å². The quantitative estimate of drug-likeness (QED) is 0.359. The summed E-state index contributed by atoms with van der Waals surface area (Å²) in [6.45, 7) is 5.37. The van der Waals surface area contributed by atoms with E-state index in [1.54, 1.807) is 20.8 Å². The zero-order chi connectivity index (χ0) is 14.6. The standard InChI is InChI=1S/C13H24N2O4/c1-13(2,3)19-12(17)15(14)10-7-5-6-9(8-10)11(16)18-4/h9-10H,5-8,14H2,1-4H3. The predicted octanol–water partition coefficient (Wildman–Crippen LogP) is 1.83. The van der Waals surface area contributed by atoms with Crippen molar-refractivity contribution in [1.82, 2.24) is 5.01 Å². The van der Waals surface area contributed by atoms with Crippen LogP contribution in [-0.4, -0.2) is 35.8 Å². The molecule has 0 aromatic rings. The van der Waals surface area contributed by atoms with E-state index in [1.165, 1.54) is 7.11 Å². The van der Waals surface area contributed by atoms with Crippen molar-refractivity contribution in [3.05, 3.63) is 0 Å². The van der Waals surface area contributed by atoms with E-state index in [0.29, 0.717) is 6.42 Å². The van der Waals surface area contributed by atoms with Gasteiger partial charge in [0, 0.05) is 0 Å². The van der Waals surface area contributed by atoms with Crippen molar-refractivity contribution >= 4 is 12.1 Å². The van der Waals surface area contributed by atoms with E-state index in [1.807, 2.05) is 0 Å². The number of methoxy groups -OCH3 is 1. The van der Waals surface area contributed by atoms with Crippen LogP contribution in [0.2, 0.25) is 0 Å². The highest BCUT2D eigenvalue weighted by atomic mass is 16.6. The molecule has 0 saturated heterocycles. The lowest BCUT2D eigenvalue weighted by Gasteiger charge is -2.34. The van der Waals surface area contributed by atoms with Crippen molar-refractivity contribution in [2.24, 2.45) is 11.8 Å². The molecule has 2 atom stereocenters. The third kappa shape index (κ3) is 4.70. The zero-order valence-electron chi connectivity index (χ0n) is 12.1.